The Morgan fingerprint density at radius 1 is 1.15 bits per heavy atom. The average molecular weight is 389 g/mol. The Kier molecular flexibility index (Phi) is 5.67. The molecule has 1 aliphatic heterocycles. The molecule has 2 aromatic heterocycles. The Labute approximate surface area is 162 Å². The topological polar surface area (TPSA) is 82.5 Å². The maximum atomic E-state index is 12.9. The summed E-state index contributed by atoms with van der Waals surface area (Å²) in [6.45, 7) is 1.35. The lowest BCUT2D eigenvalue weighted by molar-refractivity contribution is -0.130. The molecule has 3 rings (SSSR count). The molecule has 2 amide bonds. The summed E-state index contributed by atoms with van der Waals surface area (Å²) in [4.78, 5) is 43.5. The van der Waals surface area contributed by atoms with Crippen molar-refractivity contribution in [1.82, 2.24) is 24.8 Å². The average Bonchev–Trinajstić information content (AvgIpc) is 2.93. The number of halogens is 1. The molecule has 0 saturated heterocycles. The second-order valence-electron chi connectivity index (χ2n) is 6.64. The van der Waals surface area contributed by atoms with E-state index in [2.05, 4.69) is 15.0 Å². The van der Waals surface area contributed by atoms with Crippen LogP contribution in [0.4, 0.5) is 5.82 Å². The van der Waals surface area contributed by atoms with Gasteiger partial charge in [-0.3, -0.25) is 19.5 Å². The van der Waals surface area contributed by atoms with E-state index >= 15 is 0 Å². The first-order chi connectivity index (χ1) is 12.9. The van der Waals surface area contributed by atoms with E-state index < -0.39 is 6.04 Å². The Bertz CT molecular complexity index is 842. The Morgan fingerprint density at radius 2 is 1.89 bits per heavy atom. The molecule has 3 heterocycles. The number of aromatic nitrogens is 3. The summed E-state index contributed by atoms with van der Waals surface area (Å²) in [7, 11) is 5.66. The van der Waals surface area contributed by atoms with Gasteiger partial charge in [0.05, 0.1) is 23.2 Å². The summed E-state index contributed by atoms with van der Waals surface area (Å²) in [5.74, 6) is 0.0201. The van der Waals surface area contributed by atoms with E-state index in [1.807, 2.05) is 19.0 Å². The monoisotopic (exact) mass is 388 g/mol. The quantitative estimate of drug-likeness (QED) is 0.748. The minimum atomic E-state index is -0.552. The number of rotatable bonds is 6. The molecule has 0 N–H and O–H groups in total. The molecular weight excluding hydrogens is 368 g/mol. The molecule has 2 aromatic rings. The molecule has 0 fully saturated rings. The molecule has 27 heavy (non-hydrogen) atoms. The van der Waals surface area contributed by atoms with Crippen LogP contribution >= 0.6 is 11.6 Å². The van der Waals surface area contributed by atoms with Crippen LogP contribution in [0.25, 0.3) is 0 Å². The normalized spacial score (nSPS) is 16.0. The molecule has 0 aliphatic carbocycles. The first-order valence-corrected chi connectivity index (χ1v) is 8.91. The fourth-order valence-electron chi connectivity index (χ4n) is 2.89. The number of carbonyl (C=O) groups is 2. The predicted octanol–water partition coefficient (Wildman–Crippen LogP) is 1.64. The van der Waals surface area contributed by atoms with Gasteiger partial charge in [-0.25, -0.2) is 9.97 Å². The van der Waals surface area contributed by atoms with Crippen LogP contribution in [0.5, 0.6) is 0 Å². The van der Waals surface area contributed by atoms with Gasteiger partial charge in [0, 0.05) is 38.7 Å². The van der Waals surface area contributed by atoms with Gasteiger partial charge in [-0.15, -0.1) is 0 Å². The molecule has 1 aliphatic rings. The maximum absolute atomic E-state index is 12.9. The molecule has 0 spiro atoms. The van der Waals surface area contributed by atoms with Crippen LogP contribution < -0.4 is 4.90 Å². The highest BCUT2D eigenvalue weighted by Crippen LogP contribution is 2.36. The van der Waals surface area contributed by atoms with Crippen molar-refractivity contribution in [1.29, 1.82) is 0 Å². The van der Waals surface area contributed by atoms with Gasteiger partial charge in [-0.2, -0.15) is 0 Å². The van der Waals surface area contributed by atoms with Crippen LogP contribution in [0, 0.1) is 0 Å². The summed E-state index contributed by atoms with van der Waals surface area (Å²) >= 11 is 5.91. The molecule has 142 valence electrons. The molecule has 0 saturated carbocycles. The van der Waals surface area contributed by atoms with E-state index in [4.69, 9.17) is 11.6 Å². The van der Waals surface area contributed by atoms with Gasteiger partial charge in [-0.1, -0.05) is 11.6 Å². The van der Waals surface area contributed by atoms with Gasteiger partial charge in [0.15, 0.2) is 5.69 Å². The van der Waals surface area contributed by atoms with E-state index in [0.29, 0.717) is 23.1 Å². The minimum Gasteiger partial charge on any atom is -0.344 e. The lowest BCUT2D eigenvalue weighted by Gasteiger charge is -2.26. The van der Waals surface area contributed by atoms with Crippen molar-refractivity contribution in [3.8, 4) is 0 Å². The second kappa shape index (κ2) is 7.98. The third kappa shape index (κ3) is 4.06. The summed E-state index contributed by atoms with van der Waals surface area (Å²) in [6, 6.07) is 2.76. The summed E-state index contributed by atoms with van der Waals surface area (Å²) in [5, 5.41) is 0.468. The number of anilines is 1. The van der Waals surface area contributed by atoms with Crippen LogP contribution in [0.1, 0.15) is 28.6 Å². The van der Waals surface area contributed by atoms with Crippen molar-refractivity contribution < 1.29 is 9.59 Å². The molecule has 0 aromatic carbocycles. The van der Waals surface area contributed by atoms with E-state index in [9.17, 15) is 9.59 Å². The zero-order valence-corrected chi connectivity index (χ0v) is 16.2. The Hall–Kier alpha value is -2.58. The maximum Gasteiger partial charge on any atom is 0.280 e. The third-order valence-corrected chi connectivity index (χ3v) is 4.63. The van der Waals surface area contributed by atoms with Gasteiger partial charge in [0.2, 0.25) is 5.91 Å². The summed E-state index contributed by atoms with van der Waals surface area (Å²) < 4.78 is 0. The van der Waals surface area contributed by atoms with E-state index in [-0.39, 0.29) is 23.9 Å². The smallest absolute Gasteiger partial charge is 0.280 e. The highest BCUT2D eigenvalue weighted by atomic mass is 35.5. The van der Waals surface area contributed by atoms with Crippen molar-refractivity contribution in [2.45, 2.75) is 12.5 Å². The first kappa shape index (κ1) is 19.2. The molecule has 1 atom stereocenters. The second-order valence-corrected chi connectivity index (χ2v) is 7.07. The number of hydrogen-bond donors (Lipinski definition) is 0. The van der Waals surface area contributed by atoms with Crippen LogP contribution in [0.15, 0.2) is 30.7 Å². The number of carbonyl (C=O) groups excluding carboxylic acids is 2. The number of likely N-dealkylation sites (N-methyl/N-ethyl adjacent to an activating group) is 2. The van der Waals surface area contributed by atoms with Gasteiger partial charge >= 0.3 is 0 Å². The highest BCUT2D eigenvalue weighted by Gasteiger charge is 2.42. The molecule has 8 nitrogen and oxygen atoms in total. The van der Waals surface area contributed by atoms with Crippen LogP contribution in [-0.4, -0.2) is 70.8 Å². The first-order valence-electron chi connectivity index (χ1n) is 8.53. The van der Waals surface area contributed by atoms with E-state index in [1.165, 1.54) is 23.5 Å². The molecule has 9 heteroatoms. The highest BCUT2D eigenvalue weighted by molar-refractivity contribution is 6.30. The number of nitrogens with zero attached hydrogens (tertiary/aromatic N) is 6. The fourth-order valence-corrected chi connectivity index (χ4v) is 3.01. The number of fused-ring (bicyclic) bond motifs is 1. The standard InChI is InChI=1S/C18H21ClN6O2/c1-23(2)8-9-24(3)15(26)10-13-16-17(21-7-6-20-16)18(27)25(13)14-5-4-12(19)11-22-14/h4-7,11,13H,8-10H2,1-3H3/t13-/m1/s1. The third-order valence-electron chi connectivity index (χ3n) is 4.41. The zero-order chi connectivity index (χ0) is 19.6. The SMILES string of the molecule is CN(C)CCN(C)C(=O)C[C@@H]1c2nccnc2C(=O)N1c1ccc(Cl)cn1. The van der Waals surface area contributed by atoms with Crippen molar-refractivity contribution in [2.24, 2.45) is 0 Å². The summed E-state index contributed by atoms with van der Waals surface area (Å²) in [6.07, 6.45) is 4.57. The van der Waals surface area contributed by atoms with Crippen molar-refractivity contribution in [3.63, 3.8) is 0 Å². The molecule has 0 bridgehead atoms. The number of pyridine rings is 1. The van der Waals surface area contributed by atoms with Gasteiger partial charge in [0.1, 0.15) is 5.82 Å². The van der Waals surface area contributed by atoms with Crippen molar-refractivity contribution in [3.05, 3.63) is 47.1 Å². The molecular formula is C18H21ClN6O2. The fraction of sp³-hybridized carbons (Fsp3) is 0.389. The lowest BCUT2D eigenvalue weighted by atomic mass is 10.1. The van der Waals surface area contributed by atoms with Gasteiger partial charge in [0.25, 0.3) is 5.91 Å². The van der Waals surface area contributed by atoms with E-state index in [0.717, 1.165) is 6.54 Å². The Balaban J connectivity index is 1.88. The largest absolute Gasteiger partial charge is 0.344 e. The van der Waals surface area contributed by atoms with Crippen LogP contribution in [0.2, 0.25) is 5.02 Å². The van der Waals surface area contributed by atoms with Gasteiger partial charge in [-0.05, 0) is 26.2 Å². The molecule has 0 unspecified atom stereocenters. The number of amides is 2. The lowest BCUT2D eigenvalue weighted by Crippen LogP contribution is -2.37. The van der Waals surface area contributed by atoms with Crippen LogP contribution in [0.3, 0.4) is 0 Å². The summed E-state index contributed by atoms with van der Waals surface area (Å²) in [5.41, 5.74) is 0.747. The molecule has 0 radical (unpaired) electrons. The van der Waals surface area contributed by atoms with Crippen molar-refractivity contribution in [2.75, 3.05) is 39.1 Å². The minimum absolute atomic E-state index is 0.0767. The zero-order valence-electron chi connectivity index (χ0n) is 15.5. The Morgan fingerprint density at radius 3 is 2.56 bits per heavy atom. The predicted molar refractivity (Wildman–Crippen MR) is 102 cm³/mol. The van der Waals surface area contributed by atoms with E-state index in [1.54, 1.807) is 24.1 Å². The van der Waals surface area contributed by atoms with Gasteiger partial charge < -0.3 is 9.80 Å². The van der Waals surface area contributed by atoms with Crippen molar-refractivity contribution >= 4 is 29.2 Å². The van der Waals surface area contributed by atoms with Crippen LogP contribution in [-0.2, 0) is 4.79 Å². The number of hydrogen-bond acceptors (Lipinski definition) is 6.